The summed E-state index contributed by atoms with van der Waals surface area (Å²) in [4.78, 5) is 8.58. The number of hydrogen-bond acceptors (Lipinski definition) is 4. The molecule has 2 aliphatic rings. The molecule has 5 heteroatoms. The van der Waals surface area contributed by atoms with Crippen molar-refractivity contribution in [1.29, 1.82) is 0 Å². The van der Waals surface area contributed by atoms with Gasteiger partial charge in [0.05, 0.1) is 11.2 Å². The van der Waals surface area contributed by atoms with Crippen molar-refractivity contribution in [2.24, 2.45) is 0 Å². The Morgan fingerprint density at radius 1 is 1.22 bits per heavy atom. The molecule has 0 saturated carbocycles. The quantitative estimate of drug-likeness (QED) is 0.883. The predicted octanol–water partition coefficient (Wildman–Crippen LogP) is 4.25. The highest BCUT2D eigenvalue weighted by atomic mass is 35.5. The van der Waals surface area contributed by atoms with E-state index < -0.39 is 0 Å². The highest BCUT2D eigenvalue weighted by Gasteiger charge is 2.42. The lowest BCUT2D eigenvalue weighted by atomic mass is 9.75. The van der Waals surface area contributed by atoms with E-state index in [1.165, 1.54) is 48.5 Å². The molecule has 0 radical (unpaired) electrons. The van der Waals surface area contributed by atoms with Gasteiger partial charge in [0.15, 0.2) is 5.13 Å². The average molecular weight is 348 g/mol. The second-order valence-electron chi connectivity index (χ2n) is 6.69. The highest BCUT2D eigenvalue weighted by Crippen LogP contribution is 2.44. The Hall–Kier alpha value is -1.10. The first kappa shape index (κ1) is 15.4. The van der Waals surface area contributed by atoms with Crippen LogP contribution in [-0.4, -0.2) is 23.0 Å². The minimum Gasteiger partial charge on any atom is -0.375 e. The van der Waals surface area contributed by atoms with Gasteiger partial charge in [-0.05, 0) is 56.5 Å². The number of benzene rings is 1. The molecule has 1 aliphatic carbocycles. The molecule has 1 saturated heterocycles. The Kier molecular flexibility index (Phi) is 4.08. The molecule has 2 aromatic rings. The van der Waals surface area contributed by atoms with Crippen LogP contribution in [0.1, 0.15) is 41.8 Å². The number of nitrogens with two attached hydrogens (primary N) is 1. The van der Waals surface area contributed by atoms with Crippen LogP contribution in [0.4, 0.5) is 5.13 Å². The smallest absolute Gasteiger partial charge is 0.180 e. The molecule has 2 N–H and O–H groups in total. The third kappa shape index (κ3) is 2.77. The molecule has 0 spiro atoms. The van der Waals surface area contributed by atoms with Gasteiger partial charge in [-0.25, -0.2) is 4.98 Å². The van der Waals surface area contributed by atoms with Crippen LogP contribution in [0.25, 0.3) is 0 Å². The summed E-state index contributed by atoms with van der Waals surface area (Å²) in [6.07, 6.45) is 7.05. The number of rotatable bonds is 2. The summed E-state index contributed by atoms with van der Waals surface area (Å²) in [5.41, 5.74) is 8.58. The molecule has 0 amide bonds. The number of nitrogens with zero attached hydrogens (tertiary/aromatic N) is 2. The van der Waals surface area contributed by atoms with Gasteiger partial charge in [-0.2, -0.15) is 0 Å². The lowest BCUT2D eigenvalue weighted by Gasteiger charge is -2.48. The Balaban J connectivity index is 1.78. The van der Waals surface area contributed by atoms with E-state index in [2.05, 4.69) is 28.1 Å². The first-order valence-electron chi connectivity index (χ1n) is 8.42. The molecular weight excluding hydrogens is 326 g/mol. The van der Waals surface area contributed by atoms with E-state index in [1.807, 2.05) is 6.07 Å². The molecular formula is C18H22ClN3S. The fourth-order valence-corrected chi connectivity index (χ4v) is 5.39. The molecule has 122 valence electrons. The average Bonchev–Trinajstić information content (AvgIpc) is 2.94. The summed E-state index contributed by atoms with van der Waals surface area (Å²) in [5.74, 6) is 0. The second-order valence-corrected chi connectivity index (χ2v) is 8.24. The zero-order chi connectivity index (χ0) is 15.9. The predicted molar refractivity (Wildman–Crippen MR) is 97.1 cm³/mol. The minimum absolute atomic E-state index is 0.0529. The molecule has 1 aliphatic heterocycles. The third-order valence-electron chi connectivity index (χ3n) is 5.35. The van der Waals surface area contributed by atoms with Crippen molar-refractivity contribution in [3.63, 3.8) is 0 Å². The van der Waals surface area contributed by atoms with Crippen molar-refractivity contribution in [3.05, 3.63) is 45.4 Å². The van der Waals surface area contributed by atoms with Crippen molar-refractivity contribution in [2.45, 2.75) is 44.1 Å². The first-order valence-corrected chi connectivity index (χ1v) is 9.62. The molecule has 1 aromatic heterocycles. The number of aromatic nitrogens is 1. The summed E-state index contributed by atoms with van der Waals surface area (Å²) >= 11 is 7.98. The van der Waals surface area contributed by atoms with E-state index in [0.29, 0.717) is 5.13 Å². The maximum Gasteiger partial charge on any atom is 0.180 e. The van der Waals surface area contributed by atoms with E-state index >= 15 is 0 Å². The van der Waals surface area contributed by atoms with Crippen molar-refractivity contribution in [3.8, 4) is 0 Å². The molecule has 3 nitrogen and oxygen atoms in total. The standard InChI is InChI=1S/C18H22ClN3S/c19-14-6-4-5-13(11-14)18(22-9-2-1-3-10-22)8-7-15-16(12-18)23-17(20)21-15/h4-6,11H,1-3,7-10,12H2,(H2,20,21). The van der Waals surface area contributed by atoms with Gasteiger partial charge in [0, 0.05) is 16.3 Å². The van der Waals surface area contributed by atoms with Gasteiger partial charge in [-0.1, -0.05) is 30.2 Å². The van der Waals surface area contributed by atoms with Gasteiger partial charge in [-0.15, -0.1) is 11.3 Å². The van der Waals surface area contributed by atoms with Gasteiger partial charge in [-0.3, -0.25) is 4.90 Å². The Bertz CT molecular complexity index is 708. The molecule has 1 unspecified atom stereocenters. The van der Waals surface area contributed by atoms with Gasteiger partial charge < -0.3 is 5.73 Å². The van der Waals surface area contributed by atoms with Crippen LogP contribution < -0.4 is 5.73 Å². The minimum atomic E-state index is 0.0529. The van der Waals surface area contributed by atoms with E-state index in [4.69, 9.17) is 17.3 Å². The number of anilines is 1. The van der Waals surface area contributed by atoms with Crippen LogP contribution in [0, 0.1) is 0 Å². The lowest BCUT2D eigenvalue weighted by molar-refractivity contribution is 0.0508. The molecule has 23 heavy (non-hydrogen) atoms. The number of hydrogen-bond donors (Lipinski definition) is 1. The number of aryl methyl sites for hydroxylation is 1. The molecule has 0 bridgehead atoms. The monoisotopic (exact) mass is 347 g/mol. The number of likely N-dealkylation sites (tertiary alicyclic amines) is 1. The van der Waals surface area contributed by atoms with Gasteiger partial charge >= 0.3 is 0 Å². The van der Waals surface area contributed by atoms with Crippen LogP contribution >= 0.6 is 22.9 Å². The summed E-state index contributed by atoms with van der Waals surface area (Å²) in [6, 6.07) is 8.45. The fourth-order valence-electron chi connectivity index (χ4n) is 4.21. The van der Waals surface area contributed by atoms with Gasteiger partial charge in [0.2, 0.25) is 0 Å². The maximum atomic E-state index is 6.32. The molecule has 1 fully saturated rings. The van der Waals surface area contributed by atoms with Gasteiger partial charge in [0.25, 0.3) is 0 Å². The lowest BCUT2D eigenvalue weighted by Crippen LogP contribution is -2.51. The van der Waals surface area contributed by atoms with Crippen LogP contribution in [0.3, 0.4) is 0 Å². The number of halogens is 1. The SMILES string of the molecule is Nc1nc2c(s1)CC(c1cccc(Cl)c1)(N1CCCCC1)CC2. The van der Waals surface area contributed by atoms with E-state index in [0.717, 1.165) is 24.3 Å². The molecule has 1 atom stereocenters. The Labute approximate surface area is 146 Å². The zero-order valence-electron chi connectivity index (χ0n) is 13.2. The van der Waals surface area contributed by atoms with Crippen molar-refractivity contribution in [2.75, 3.05) is 18.8 Å². The van der Waals surface area contributed by atoms with Crippen LogP contribution in [0.5, 0.6) is 0 Å². The third-order valence-corrected chi connectivity index (χ3v) is 6.51. The van der Waals surface area contributed by atoms with Crippen molar-refractivity contribution >= 4 is 28.1 Å². The second kappa shape index (κ2) is 6.08. The molecule has 2 heterocycles. The highest BCUT2D eigenvalue weighted by molar-refractivity contribution is 7.15. The number of fused-ring (bicyclic) bond motifs is 1. The summed E-state index contributed by atoms with van der Waals surface area (Å²) in [7, 11) is 0. The Morgan fingerprint density at radius 2 is 2.04 bits per heavy atom. The summed E-state index contributed by atoms with van der Waals surface area (Å²) in [5, 5.41) is 1.53. The van der Waals surface area contributed by atoms with E-state index in [-0.39, 0.29) is 5.54 Å². The zero-order valence-corrected chi connectivity index (χ0v) is 14.8. The Morgan fingerprint density at radius 3 is 2.83 bits per heavy atom. The summed E-state index contributed by atoms with van der Waals surface area (Å²) in [6.45, 7) is 2.35. The van der Waals surface area contributed by atoms with Crippen molar-refractivity contribution < 1.29 is 0 Å². The fraction of sp³-hybridized carbons (Fsp3) is 0.500. The van der Waals surface area contributed by atoms with Crippen LogP contribution in [-0.2, 0) is 18.4 Å². The summed E-state index contributed by atoms with van der Waals surface area (Å²) < 4.78 is 0. The largest absolute Gasteiger partial charge is 0.375 e. The van der Waals surface area contributed by atoms with E-state index in [1.54, 1.807) is 11.3 Å². The molecule has 4 rings (SSSR count). The van der Waals surface area contributed by atoms with Crippen LogP contribution in [0.15, 0.2) is 24.3 Å². The van der Waals surface area contributed by atoms with Crippen molar-refractivity contribution in [1.82, 2.24) is 9.88 Å². The topological polar surface area (TPSA) is 42.1 Å². The maximum absolute atomic E-state index is 6.32. The molecule has 1 aromatic carbocycles. The normalized spacial score (nSPS) is 25.3. The first-order chi connectivity index (χ1) is 11.2. The number of nitrogen functional groups attached to an aromatic ring is 1. The van der Waals surface area contributed by atoms with Crippen LogP contribution in [0.2, 0.25) is 5.02 Å². The van der Waals surface area contributed by atoms with Gasteiger partial charge in [0.1, 0.15) is 0 Å². The number of thiazole rings is 1. The number of piperidine rings is 1. The van der Waals surface area contributed by atoms with E-state index in [9.17, 15) is 0 Å².